The Hall–Kier alpha value is -1.22. The minimum Gasteiger partial charge on any atom is -0.370 e. The van der Waals surface area contributed by atoms with Gasteiger partial charge in [0.1, 0.15) is 0 Å². The summed E-state index contributed by atoms with van der Waals surface area (Å²) in [5, 5.41) is 0.714. The Morgan fingerprint density at radius 3 is 2.53 bits per heavy atom. The number of hydrogen-bond acceptors (Lipinski definition) is 1. The van der Waals surface area contributed by atoms with Crippen LogP contribution in [0.25, 0.3) is 0 Å². The van der Waals surface area contributed by atoms with Gasteiger partial charge in [-0.1, -0.05) is 31.5 Å². The lowest BCUT2D eigenvalue weighted by atomic mass is 10.0. The van der Waals surface area contributed by atoms with Gasteiger partial charge in [0, 0.05) is 5.02 Å². The fourth-order valence-electron chi connectivity index (χ4n) is 1.36. The molecular weight excluding hydrogens is 210 g/mol. The van der Waals surface area contributed by atoms with E-state index in [-0.39, 0.29) is 5.96 Å². The molecular formula is C11H16ClN3. The highest BCUT2D eigenvalue weighted by atomic mass is 35.5. The SMILES string of the molecule is CC(C)Cc1ccc(N=C(N)N)cc1Cl. The van der Waals surface area contributed by atoms with E-state index < -0.39 is 0 Å². The lowest BCUT2D eigenvalue weighted by Crippen LogP contribution is -2.21. The fourth-order valence-corrected chi connectivity index (χ4v) is 1.61. The topological polar surface area (TPSA) is 64.4 Å². The average molecular weight is 226 g/mol. The third-order valence-electron chi connectivity index (χ3n) is 1.92. The van der Waals surface area contributed by atoms with Gasteiger partial charge >= 0.3 is 0 Å². The summed E-state index contributed by atoms with van der Waals surface area (Å²) in [6.45, 7) is 4.31. The average Bonchev–Trinajstić information content (AvgIpc) is 2.08. The predicted molar refractivity (Wildman–Crippen MR) is 65.5 cm³/mol. The Kier molecular flexibility index (Phi) is 3.97. The number of guanidine groups is 1. The van der Waals surface area contributed by atoms with Gasteiger partial charge in [-0.3, -0.25) is 0 Å². The van der Waals surface area contributed by atoms with Gasteiger partial charge in [-0.2, -0.15) is 0 Å². The van der Waals surface area contributed by atoms with Crippen LogP contribution in [0.5, 0.6) is 0 Å². The summed E-state index contributed by atoms with van der Waals surface area (Å²) in [5.41, 5.74) is 12.4. The molecule has 3 nitrogen and oxygen atoms in total. The normalized spacial score (nSPS) is 10.4. The summed E-state index contributed by atoms with van der Waals surface area (Å²) in [4.78, 5) is 3.93. The maximum Gasteiger partial charge on any atom is 0.191 e. The van der Waals surface area contributed by atoms with E-state index in [1.54, 1.807) is 6.07 Å². The van der Waals surface area contributed by atoms with Crippen molar-refractivity contribution in [2.75, 3.05) is 0 Å². The van der Waals surface area contributed by atoms with E-state index >= 15 is 0 Å². The van der Waals surface area contributed by atoms with Crippen molar-refractivity contribution >= 4 is 23.2 Å². The molecule has 4 N–H and O–H groups in total. The number of halogens is 1. The fraction of sp³-hybridized carbons (Fsp3) is 0.364. The molecule has 0 bridgehead atoms. The van der Waals surface area contributed by atoms with Crippen molar-refractivity contribution in [3.63, 3.8) is 0 Å². The molecule has 0 unspecified atom stereocenters. The van der Waals surface area contributed by atoms with Crippen molar-refractivity contribution < 1.29 is 0 Å². The number of nitrogens with two attached hydrogens (primary N) is 2. The summed E-state index contributed by atoms with van der Waals surface area (Å²) >= 11 is 6.11. The van der Waals surface area contributed by atoms with Crippen LogP contribution in [-0.2, 0) is 6.42 Å². The molecule has 82 valence electrons. The monoisotopic (exact) mass is 225 g/mol. The van der Waals surface area contributed by atoms with Gasteiger partial charge < -0.3 is 11.5 Å². The van der Waals surface area contributed by atoms with E-state index in [2.05, 4.69) is 18.8 Å². The first-order chi connectivity index (χ1) is 6.99. The molecule has 1 aromatic rings. The first-order valence-corrected chi connectivity index (χ1v) is 5.25. The largest absolute Gasteiger partial charge is 0.370 e. The number of nitrogens with zero attached hydrogens (tertiary/aromatic N) is 1. The van der Waals surface area contributed by atoms with E-state index in [1.165, 1.54) is 0 Å². The van der Waals surface area contributed by atoms with Crippen molar-refractivity contribution in [3.05, 3.63) is 28.8 Å². The molecule has 0 radical (unpaired) electrons. The Bertz CT molecular complexity index is 368. The van der Waals surface area contributed by atoms with Crippen LogP contribution in [0.1, 0.15) is 19.4 Å². The second-order valence-electron chi connectivity index (χ2n) is 3.91. The van der Waals surface area contributed by atoms with Gasteiger partial charge in [-0.25, -0.2) is 4.99 Å². The Morgan fingerprint density at radius 2 is 2.07 bits per heavy atom. The quantitative estimate of drug-likeness (QED) is 0.613. The van der Waals surface area contributed by atoms with Crippen molar-refractivity contribution in [2.24, 2.45) is 22.4 Å². The van der Waals surface area contributed by atoms with Crippen molar-refractivity contribution in [1.82, 2.24) is 0 Å². The van der Waals surface area contributed by atoms with E-state index in [0.717, 1.165) is 12.0 Å². The molecule has 0 heterocycles. The van der Waals surface area contributed by atoms with Gasteiger partial charge in [-0.05, 0) is 30.0 Å². The van der Waals surface area contributed by atoms with Gasteiger partial charge in [0.25, 0.3) is 0 Å². The number of hydrogen-bond donors (Lipinski definition) is 2. The van der Waals surface area contributed by atoms with Gasteiger partial charge in [0.2, 0.25) is 0 Å². The van der Waals surface area contributed by atoms with Crippen molar-refractivity contribution in [3.8, 4) is 0 Å². The van der Waals surface area contributed by atoms with E-state index in [9.17, 15) is 0 Å². The molecule has 0 spiro atoms. The lowest BCUT2D eigenvalue weighted by molar-refractivity contribution is 0.647. The summed E-state index contributed by atoms with van der Waals surface area (Å²) in [5.74, 6) is 0.624. The molecule has 0 aliphatic heterocycles. The van der Waals surface area contributed by atoms with Crippen LogP contribution >= 0.6 is 11.6 Å². The molecule has 0 aliphatic carbocycles. The molecule has 0 amide bonds. The van der Waals surface area contributed by atoms with Gasteiger partial charge in [0.05, 0.1) is 5.69 Å². The lowest BCUT2D eigenvalue weighted by Gasteiger charge is -2.07. The van der Waals surface area contributed by atoms with E-state index in [1.807, 2.05) is 12.1 Å². The molecule has 0 saturated heterocycles. The summed E-state index contributed by atoms with van der Waals surface area (Å²) in [7, 11) is 0. The summed E-state index contributed by atoms with van der Waals surface area (Å²) in [6.07, 6.45) is 0.959. The highest BCUT2D eigenvalue weighted by Crippen LogP contribution is 2.24. The molecule has 0 aromatic heterocycles. The highest BCUT2D eigenvalue weighted by molar-refractivity contribution is 6.31. The van der Waals surface area contributed by atoms with Crippen LogP contribution in [0, 0.1) is 5.92 Å². The van der Waals surface area contributed by atoms with Crippen molar-refractivity contribution in [1.29, 1.82) is 0 Å². The van der Waals surface area contributed by atoms with Crippen LogP contribution in [0.4, 0.5) is 5.69 Å². The predicted octanol–water partition coefficient (Wildman–Crippen LogP) is 2.44. The van der Waals surface area contributed by atoms with E-state index in [0.29, 0.717) is 16.6 Å². The van der Waals surface area contributed by atoms with Crippen LogP contribution < -0.4 is 11.5 Å². The molecule has 0 aliphatic rings. The smallest absolute Gasteiger partial charge is 0.191 e. The third kappa shape index (κ3) is 3.80. The van der Waals surface area contributed by atoms with Crippen molar-refractivity contribution in [2.45, 2.75) is 20.3 Å². The first kappa shape index (κ1) is 11.9. The maximum atomic E-state index is 6.11. The van der Waals surface area contributed by atoms with E-state index in [4.69, 9.17) is 23.1 Å². The molecule has 1 rings (SSSR count). The van der Waals surface area contributed by atoms with Crippen LogP contribution in [0.15, 0.2) is 23.2 Å². The maximum absolute atomic E-state index is 6.11. The second kappa shape index (κ2) is 5.03. The zero-order valence-corrected chi connectivity index (χ0v) is 9.75. The highest BCUT2D eigenvalue weighted by Gasteiger charge is 2.03. The standard InChI is InChI=1S/C11H16ClN3/c1-7(2)5-8-3-4-9(6-10(8)12)15-11(13)14/h3-4,6-7H,5H2,1-2H3,(H4,13,14,15). The minimum absolute atomic E-state index is 0.0441. The van der Waals surface area contributed by atoms with Crippen LogP contribution in [-0.4, -0.2) is 5.96 Å². The molecule has 0 fully saturated rings. The molecule has 1 aromatic carbocycles. The number of rotatable bonds is 3. The third-order valence-corrected chi connectivity index (χ3v) is 2.27. The number of benzene rings is 1. The Morgan fingerprint density at radius 1 is 1.40 bits per heavy atom. The zero-order chi connectivity index (χ0) is 11.4. The second-order valence-corrected chi connectivity index (χ2v) is 4.32. The Labute approximate surface area is 95.1 Å². The van der Waals surface area contributed by atoms with Crippen LogP contribution in [0.2, 0.25) is 5.02 Å². The number of aliphatic imine (C=N–C) groups is 1. The minimum atomic E-state index is 0.0441. The molecule has 0 atom stereocenters. The van der Waals surface area contributed by atoms with Gasteiger partial charge in [-0.15, -0.1) is 0 Å². The summed E-state index contributed by atoms with van der Waals surface area (Å²) < 4.78 is 0. The summed E-state index contributed by atoms with van der Waals surface area (Å²) in [6, 6.07) is 5.60. The zero-order valence-electron chi connectivity index (χ0n) is 9.00. The molecule has 4 heteroatoms. The Balaban J connectivity index is 2.93. The molecule has 0 saturated carbocycles. The van der Waals surface area contributed by atoms with Gasteiger partial charge in [0.15, 0.2) is 5.96 Å². The van der Waals surface area contributed by atoms with Crippen LogP contribution in [0.3, 0.4) is 0 Å². The first-order valence-electron chi connectivity index (χ1n) is 4.87. The molecule has 15 heavy (non-hydrogen) atoms.